The first-order valence-corrected chi connectivity index (χ1v) is 9.48. The van der Waals surface area contributed by atoms with Gasteiger partial charge in [-0.1, -0.05) is 36.4 Å². The van der Waals surface area contributed by atoms with Crippen molar-refractivity contribution in [2.45, 2.75) is 6.18 Å². The van der Waals surface area contributed by atoms with E-state index in [1.165, 1.54) is 16.7 Å². The number of nitrogens with two attached hydrogens (primary N) is 1. The molecule has 162 valence electrons. The summed E-state index contributed by atoms with van der Waals surface area (Å²) in [4.78, 5) is 24.4. The molecule has 0 radical (unpaired) electrons. The number of halogens is 3. The van der Waals surface area contributed by atoms with Gasteiger partial charge in [-0.05, 0) is 42.5 Å². The predicted molar refractivity (Wildman–Crippen MR) is 116 cm³/mol. The highest BCUT2D eigenvalue weighted by atomic mass is 19.4. The van der Waals surface area contributed by atoms with E-state index in [0.717, 1.165) is 17.5 Å². The molecule has 32 heavy (non-hydrogen) atoms. The Kier molecular flexibility index (Phi) is 5.31. The summed E-state index contributed by atoms with van der Waals surface area (Å²) in [5, 5.41) is 5.79. The smallest absolute Gasteiger partial charge is 0.351 e. The van der Waals surface area contributed by atoms with Crippen molar-refractivity contribution in [1.29, 1.82) is 0 Å². The summed E-state index contributed by atoms with van der Waals surface area (Å²) >= 11 is 0. The van der Waals surface area contributed by atoms with Gasteiger partial charge in [0, 0.05) is 22.3 Å². The van der Waals surface area contributed by atoms with Crippen LogP contribution in [0.4, 0.5) is 34.1 Å². The predicted octanol–water partition coefficient (Wildman–Crippen LogP) is 5.90. The fourth-order valence-electron chi connectivity index (χ4n) is 3.43. The van der Waals surface area contributed by atoms with Crippen molar-refractivity contribution in [1.82, 2.24) is 4.57 Å². The Morgan fingerprint density at radius 1 is 0.812 bits per heavy atom. The van der Waals surface area contributed by atoms with Gasteiger partial charge in [-0.15, -0.1) is 0 Å². The van der Waals surface area contributed by atoms with E-state index in [9.17, 15) is 22.8 Å². The Bertz CT molecular complexity index is 1330. The van der Waals surface area contributed by atoms with Crippen molar-refractivity contribution >= 4 is 34.3 Å². The second kappa shape index (κ2) is 8.10. The molecule has 0 spiro atoms. The number of primary amides is 1. The number of rotatable bonds is 3. The maximum Gasteiger partial charge on any atom is 0.416 e. The van der Waals surface area contributed by atoms with Crippen LogP contribution in [0, 0.1) is 0 Å². The molecule has 4 aromatic rings. The highest BCUT2D eigenvalue weighted by Gasteiger charge is 2.30. The quantitative estimate of drug-likeness (QED) is 0.372. The molecular weight excluding hydrogens is 421 g/mol. The fourth-order valence-corrected chi connectivity index (χ4v) is 3.43. The number of para-hydroxylation sites is 1. The SMILES string of the molecule is NC(=O)n1c(-c2cccc(NC(=O)Nc3cccc(C(F)(F)F)c3)c2)cc2ccccc21. The van der Waals surface area contributed by atoms with Crippen molar-refractivity contribution in [3.63, 3.8) is 0 Å². The lowest BCUT2D eigenvalue weighted by Gasteiger charge is -2.12. The van der Waals surface area contributed by atoms with Crippen LogP contribution in [0.15, 0.2) is 78.9 Å². The number of nitrogens with one attached hydrogen (secondary N) is 2. The van der Waals surface area contributed by atoms with Gasteiger partial charge in [0.1, 0.15) is 0 Å². The number of fused-ring (bicyclic) bond motifs is 1. The molecule has 4 rings (SSSR count). The molecule has 1 aromatic heterocycles. The van der Waals surface area contributed by atoms with Crippen LogP contribution in [0.3, 0.4) is 0 Å². The van der Waals surface area contributed by atoms with Crippen LogP contribution in [0.5, 0.6) is 0 Å². The number of aromatic nitrogens is 1. The minimum atomic E-state index is -4.51. The number of nitrogens with zero attached hydrogens (tertiary/aromatic N) is 1. The molecule has 0 fully saturated rings. The lowest BCUT2D eigenvalue weighted by molar-refractivity contribution is -0.137. The second-order valence-corrected chi connectivity index (χ2v) is 7.00. The Labute approximate surface area is 180 Å². The Balaban J connectivity index is 1.58. The van der Waals surface area contributed by atoms with Gasteiger partial charge < -0.3 is 16.4 Å². The molecule has 0 saturated heterocycles. The zero-order valence-corrected chi connectivity index (χ0v) is 16.5. The molecule has 1 heterocycles. The molecule has 3 aromatic carbocycles. The van der Waals surface area contributed by atoms with Gasteiger partial charge in [-0.2, -0.15) is 13.2 Å². The van der Waals surface area contributed by atoms with E-state index in [0.29, 0.717) is 22.5 Å². The summed E-state index contributed by atoms with van der Waals surface area (Å²) in [7, 11) is 0. The summed E-state index contributed by atoms with van der Waals surface area (Å²) in [6.07, 6.45) is -4.51. The van der Waals surface area contributed by atoms with Crippen LogP contribution in [0.2, 0.25) is 0 Å². The van der Waals surface area contributed by atoms with Crippen LogP contribution >= 0.6 is 0 Å². The molecule has 0 aliphatic rings. The molecule has 6 nitrogen and oxygen atoms in total. The number of benzene rings is 3. The zero-order chi connectivity index (χ0) is 22.9. The van der Waals surface area contributed by atoms with Crippen LogP contribution in [-0.4, -0.2) is 16.6 Å². The first kappa shape index (κ1) is 21.0. The molecule has 0 aliphatic carbocycles. The molecule has 0 unspecified atom stereocenters. The van der Waals surface area contributed by atoms with Crippen LogP contribution in [0.25, 0.3) is 22.2 Å². The van der Waals surface area contributed by atoms with E-state index in [4.69, 9.17) is 5.73 Å². The van der Waals surface area contributed by atoms with Gasteiger partial charge in [0.05, 0.1) is 16.8 Å². The van der Waals surface area contributed by atoms with Crippen molar-refractivity contribution < 1.29 is 22.8 Å². The van der Waals surface area contributed by atoms with Crippen LogP contribution in [-0.2, 0) is 6.18 Å². The number of urea groups is 1. The molecule has 0 bridgehead atoms. The number of amides is 3. The first-order chi connectivity index (χ1) is 15.2. The minimum absolute atomic E-state index is 0.00216. The summed E-state index contributed by atoms with van der Waals surface area (Å²) in [6, 6.07) is 18.7. The molecule has 0 atom stereocenters. The maximum absolute atomic E-state index is 12.9. The Hall–Kier alpha value is -4.27. The third kappa shape index (κ3) is 4.27. The van der Waals surface area contributed by atoms with Crippen molar-refractivity contribution in [3.05, 3.63) is 84.4 Å². The highest BCUT2D eigenvalue weighted by molar-refractivity contribution is 6.01. The third-order valence-corrected chi connectivity index (χ3v) is 4.80. The largest absolute Gasteiger partial charge is 0.416 e. The summed E-state index contributed by atoms with van der Waals surface area (Å²) in [6.45, 7) is 0. The Morgan fingerprint density at radius 2 is 1.47 bits per heavy atom. The third-order valence-electron chi connectivity index (χ3n) is 4.80. The second-order valence-electron chi connectivity index (χ2n) is 7.00. The van der Waals surface area contributed by atoms with E-state index in [1.54, 1.807) is 36.4 Å². The van der Waals surface area contributed by atoms with Crippen molar-refractivity contribution in [3.8, 4) is 11.3 Å². The minimum Gasteiger partial charge on any atom is -0.351 e. The van der Waals surface area contributed by atoms with E-state index in [2.05, 4.69) is 10.6 Å². The van der Waals surface area contributed by atoms with Crippen LogP contribution in [0.1, 0.15) is 5.56 Å². The lowest BCUT2D eigenvalue weighted by Crippen LogP contribution is -2.20. The molecule has 0 aliphatic heterocycles. The number of hydrogen-bond donors (Lipinski definition) is 3. The number of carbonyl (C=O) groups is 2. The van der Waals surface area contributed by atoms with E-state index in [-0.39, 0.29) is 5.69 Å². The van der Waals surface area contributed by atoms with Gasteiger partial charge in [0.25, 0.3) is 0 Å². The highest BCUT2D eigenvalue weighted by Crippen LogP contribution is 2.31. The van der Waals surface area contributed by atoms with Gasteiger partial charge >= 0.3 is 18.2 Å². The molecule has 4 N–H and O–H groups in total. The lowest BCUT2D eigenvalue weighted by atomic mass is 10.1. The molecule has 3 amide bonds. The zero-order valence-electron chi connectivity index (χ0n) is 16.5. The topological polar surface area (TPSA) is 89.2 Å². The van der Waals surface area contributed by atoms with Gasteiger partial charge in [0.2, 0.25) is 0 Å². The molecule has 0 saturated carbocycles. The summed E-state index contributed by atoms with van der Waals surface area (Å²) in [5.74, 6) is 0. The summed E-state index contributed by atoms with van der Waals surface area (Å²) < 4.78 is 40.0. The normalized spacial score (nSPS) is 11.3. The number of anilines is 2. The Morgan fingerprint density at radius 3 is 2.16 bits per heavy atom. The average molecular weight is 438 g/mol. The van der Waals surface area contributed by atoms with Gasteiger partial charge in [-0.25, -0.2) is 9.59 Å². The van der Waals surface area contributed by atoms with Crippen molar-refractivity contribution in [2.24, 2.45) is 5.73 Å². The van der Waals surface area contributed by atoms with Crippen LogP contribution < -0.4 is 16.4 Å². The monoisotopic (exact) mass is 438 g/mol. The molecular formula is C23H17F3N4O2. The van der Waals surface area contributed by atoms with E-state index >= 15 is 0 Å². The van der Waals surface area contributed by atoms with Gasteiger partial charge in [-0.3, -0.25) is 4.57 Å². The number of carbonyl (C=O) groups excluding carboxylic acids is 2. The van der Waals surface area contributed by atoms with Gasteiger partial charge in [0.15, 0.2) is 0 Å². The summed E-state index contributed by atoms with van der Waals surface area (Å²) in [5.41, 5.74) is 6.91. The average Bonchev–Trinajstić information content (AvgIpc) is 3.13. The van der Waals surface area contributed by atoms with E-state index < -0.39 is 23.8 Å². The molecule has 9 heteroatoms. The number of hydrogen-bond acceptors (Lipinski definition) is 2. The first-order valence-electron chi connectivity index (χ1n) is 9.48. The van der Waals surface area contributed by atoms with E-state index in [1.807, 2.05) is 18.2 Å². The standard InChI is InChI=1S/C23H17F3N4O2/c24-23(25,26)16-7-4-9-18(13-16)29-22(32)28-17-8-3-6-14(11-17)20-12-15-5-1-2-10-19(15)30(20)21(27)31/h1-13H,(H2,27,31)(H2,28,29,32). The maximum atomic E-state index is 12.9. The van der Waals surface area contributed by atoms with Crippen molar-refractivity contribution in [2.75, 3.05) is 10.6 Å². The fraction of sp³-hybridized carbons (Fsp3) is 0.0435. The number of alkyl halides is 3.